The van der Waals surface area contributed by atoms with Crippen LogP contribution in [-0.4, -0.2) is 40.5 Å². The number of hydrogen-bond acceptors (Lipinski definition) is 3. The van der Waals surface area contributed by atoms with E-state index >= 15 is 0 Å². The molecule has 0 amide bonds. The summed E-state index contributed by atoms with van der Waals surface area (Å²) >= 11 is 0. The third kappa shape index (κ3) is 3.56. The van der Waals surface area contributed by atoms with Gasteiger partial charge in [0, 0.05) is 31.0 Å². The fraction of sp³-hybridized carbons (Fsp3) is 0.786. The van der Waals surface area contributed by atoms with Crippen LogP contribution in [0.2, 0.25) is 0 Å². The molecule has 0 aromatic carbocycles. The first-order valence-corrected chi connectivity index (χ1v) is 7.12. The maximum atomic E-state index is 4.22. The molecule has 1 unspecified atom stereocenters. The number of H-pyrrole nitrogens is 1. The van der Waals surface area contributed by atoms with Gasteiger partial charge in [-0.1, -0.05) is 13.8 Å². The van der Waals surface area contributed by atoms with Crippen LogP contribution in [0.3, 0.4) is 0 Å². The fourth-order valence-electron chi connectivity index (χ4n) is 2.78. The minimum atomic E-state index is 0.663. The Morgan fingerprint density at radius 3 is 2.67 bits per heavy atom. The molecule has 1 atom stereocenters. The molecule has 2 N–H and O–H groups in total. The van der Waals surface area contributed by atoms with Gasteiger partial charge in [-0.05, 0) is 38.8 Å². The SMILES string of the molecule is Cc1ncc(CNCC(C(C)C)N2CCCC2)[nH]1. The molecule has 2 heterocycles. The molecule has 0 radical (unpaired) electrons. The predicted molar refractivity (Wildman–Crippen MR) is 74.5 cm³/mol. The molecular formula is C14H26N4. The van der Waals surface area contributed by atoms with Crippen molar-refractivity contribution in [2.45, 2.75) is 46.2 Å². The van der Waals surface area contributed by atoms with E-state index in [1.165, 1.54) is 31.6 Å². The minimum Gasteiger partial charge on any atom is -0.345 e. The van der Waals surface area contributed by atoms with Crippen LogP contribution in [0, 0.1) is 12.8 Å². The smallest absolute Gasteiger partial charge is 0.103 e. The highest BCUT2D eigenvalue weighted by atomic mass is 15.2. The van der Waals surface area contributed by atoms with E-state index in [4.69, 9.17) is 0 Å². The van der Waals surface area contributed by atoms with E-state index in [-0.39, 0.29) is 0 Å². The molecule has 18 heavy (non-hydrogen) atoms. The molecule has 0 spiro atoms. The zero-order valence-corrected chi connectivity index (χ0v) is 11.9. The first-order chi connectivity index (χ1) is 8.66. The second-order valence-corrected chi connectivity index (χ2v) is 5.68. The molecule has 4 heteroatoms. The van der Waals surface area contributed by atoms with Crippen LogP contribution < -0.4 is 5.32 Å². The van der Waals surface area contributed by atoms with Crippen molar-refractivity contribution in [2.24, 2.45) is 5.92 Å². The van der Waals surface area contributed by atoms with Crippen LogP contribution in [0.4, 0.5) is 0 Å². The van der Waals surface area contributed by atoms with E-state index < -0.39 is 0 Å². The van der Waals surface area contributed by atoms with Gasteiger partial charge < -0.3 is 10.3 Å². The van der Waals surface area contributed by atoms with Gasteiger partial charge in [-0.2, -0.15) is 0 Å². The highest BCUT2D eigenvalue weighted by molar-refractivity contribution is 4.99. The molecule has 1 fully saturated rings. The van der Waals surface area contributed by atoms with Gasteiger partial charge in [-0.15, -0.1) is 0 Å². The largest absolute Gasteiger partial charge is 0.345 e. The molecule has 0 bridgehead atoms. The monoisotopic (exact) mass is 250 g/mol. The molecule has 1 aromatic rings. The van der Waals surface area contributed by atoms with Crippen LogP contribution in [0.15, 0.2) is 6.20 Å². The van der Waals surface area contributed by atoms with Crippen LogP contribution in [0.1, 0.15) is 38.2 Å². The van der Waals surface area contributed by atoms with Crippen molar-refractivity contribution in [1.82, 2.24) is 20.2 Å². The third-order valence-electron chi connectivity index (χ3n) is 3.80. The summed E-state index contributed by atoms with van der Waals surface area (Å²) in [6.45, 7) is 11.1. The predicted octanol–water partition coefficient (Wildman–Crippen LogP) is 1.93. The summed E-state index contributed by atoms with van der Waals surface area (Å²) in [6.07, 6.45) is 4.65. The van der Waals surface area contributed by atoms with Crippen LogP contribution in [0.25, 0.3) is 0 Å². The van der Waals surface area contributed by atoms with E-state index in [1.807, 2.05) is 13.1 Å². The second-order valence-electron chi connectivity index (χ2n) is 5.68. The van der Waals surface area contributed by atoms with Gasteiger partial charge in [0.25, 0.3) is 0 Å². The van der Waals surface area contributed by atoms with Crippen molar-refractivity contribution in [3.63, 3.8) is 0 Å². The molecule has 102 valence electrons. The molecule has 1 aliphatic rings. The lowest BCUT2D eigenvalue weighted by Gasteiger charge is -2.31. The maximum absolute atomic E-state index is 4.22. The Morgan fingerprint density at radius 1 is 1.39 bits per heavy atom. The van der Waals surface area contributed by atoms with Crippen molar-refractivity contribution >= 4 is 0 Å². The summed E-state index contributed by atoms with van der Waals surface area (Å²) in [6, 6.07) is 0.663. The zero-order valence-electron chi connectivity index (χ0n) is 11.9. The van der Waals surface area contributed by atoms with Gasteiger partial charge in [-0.3, -0.25) is 4.90 Å². The lowest BCUT2D eigenvalue weighted by molar-refractivity contribution is 0.186. The number of aryl methyl sites for hydroxylation is 1. The molecule has 1 aliphatic heterocycles. The van der Waals surface area contributed by atoms with Gasteiger partial charge in [0.1, 0.15) is 5.82 Å². The average molecular weight is 250 g/mol. The Bertz CT molecular complexity index is 352. The number of aromatic amines is 1. The minimum absolute atomic E-state index is 0.663. The molecule has 0 aliphatic carbocycles. The standard InChI is InChI=1S/C14H26N4/c1-11(2)14(18-6-4-5-7-18)10-15-8-13-9-16-12(3)17-13/h9,11,14-15H,4-8,10H2,1-3H3,(H,16,17). The molecule has 2 rings (SSSR count). The third-order valence-corrected chi connectivity index (χ3v) is 3.80. The Labute approximate surface area is 110 Å². The van der Waals surface area contributed by atoms with E-state index in [1.54, 1.807) is 0 Å². The van der Waals surface area contributed by atoms with Gasteiger partial charge in [0.05, 0.1) is 0 Å². The topological polar surface area (TPSA) is 44.0 Å². The van der Waals surface area contributed by atoms with E-state index in [2.05, 4.69) is 34.0 Å². The van der Waals surface area contributed by atoms with E-state index in [0.29, 0.717) is 12.0 Å². The maximum Gasteiger partial charge on any atom is 0.103 e. The van der Waals surface area contributed by atoms with E-state index in [9.17, 15) is 0 Å². The van der Waals surface area contributed by atoms with Crippen molar-refractivity contribution in [2.75, 3.05) is 19.6 Å². The van der Waals surface area contributed by atoms with Crippen molar-refractivity contribution in [3.05, 3.63) is 17.7 Å². The molecule has 0 saturated carbocycles. The lowest BCUT2D eigenvalue weighted by Crippen LogP contribution is -2.44. The highest BCUT2D eigenvalue weighted by Crippen LogP contribution is 2.17. The summed E-state index contributed by atoms with van der Waals surface area (Å²) < 4.78 is 0. The average Bonchev–Trinajstić information content (AvgIpc) is 2.95. The Hall–Kier alpha value is -0.870. The first kappa shape index (κ1) is 13.6. The van der Waals surface area contributed by atoms with Gasteiger partial charge in [0.15, 0.2) is 0 Å². The number of nitrogens with zero attached hydrogens (tertiary/aromatic N) is 2. The first-order valence-electron chi connectivity index (χ1n) is 7.12. The molecule has 1 saturated heterocycles. The normalized spacial score (nSPS) is 18.7. The van der Waals surface area contributed by atoms with Crippen LogP contribution in [0.5, 0.6) is 0 Å². The Kier molecular flexibility index (Phi) is 4.78. The van der Waals surface area contributed by atoms with E-state index in [0.717, 1.165) is 18.9 Å². The van der Waals surface area contributed by atoms with Crippen LogP contribution >= 0.6 is 0 Å². The second kappa shape index (κ2) is 6.34. The number of hydrogen-bond donors (Lipinski definition) is 2. The summed E-state index contributed by atoms with van der Waals surface area (Å²) in [4.78, 5) is 10.1. The number of rotatable bonds is 6. The summed E-state index contributed by atoms with van der Waals surface area (Å²) in [5.74, 6) is 1.70. The van der Waals surface area contributed by atoms with Crippen LogP contribution in [-0.2, 0) is 6.54 Å². The van der Waals surface area contributed by atoms with Gasteiger partial charge in [0.2, 0.25) is 0 Å². The number of imidazole rings is 1. The summed E-state index contributed by atoms with van der Waals surface area (Å²) in [7, 11) is 0. The molecule has 1 aromatic heterocycles. The van der Waals surface area contributed by atoms with Gasteiger partial charge >= 0.3 is 0 Å². The van der Waals surface area contributed by atoms with Gasteiger partial charge in [-0.25, -0.2) is 4.98 Å². The summed E-state index contributed by atoms with van der Waals surface area (Å²) in [5.41, 5.74) is 1.18. The Morgan fingerprint density at radius 2 is 2.11 bits per heavy atom. The quantitative estimate of drug-likeness (QED) is 0.811. The van der Waals surface area contributed by atoms with Crippen molar-refractivity contribution in [3.8, 4) is 0 Å². The summed E-state index contributed by atoms with van der Waals surface area (Å²) in [5, 5.41) is 3.56. The van der Waals surface area contributed by atoms with Crippen molar-refractivity contribution in [1.29, 1.82) is 0 Å². The lowest BCUT2D eigenvalue weighted by atomic mass is 10.0. The number of aromatic nitrogens is 2. The molecular weight excluding hydrogens is 224 g/mol. The Balaban J connectivity index is 1.78. The molecule has 4 nitrogen and oxygen atoms in total. The highest BCUT2D eigenvalue weighted by Gasteiger charge is 2.23. The zero-order chi connectivity index (χ0) is 13.0. The van der Waals surface area contributed by atoms with Crippen molar-refractivity contribution < 1.29 is 0 Å². The number of nitrogens with one attached hydrogen (secondary N) is 2. The number of likely N-dealkylation sites (tertiary alicyclic amines) is 1. The fourth-order valence-corrected chi connectivity index (χ4v) is 2.78.